The Hall–Kier alpha value is -1.60. The second kappa shape index (κ2) is 6.29. The van der Waals surface area contributed by atoms with Crippen molar-refractivity contribution in [3.63, 3.8) is 0 Å². The number of carbonyl (C=O) groups excluding carboxylic acids is 2. The summed E-state index contributed by atoms with van der Waals surface area (Å²) in [5.74, 6) is -0.821. The van der Waals surface area contributed by atoms with Crippen LogP contribution in [0.4, 0.5) is 0 Å². The molecule has 4 bridgehead atoms. The van der Waals surface area contributed by atoms with Crippen LogP contribution in [0, 0.1) is 11.3 Å². The van der Waals surface area contributed by atoms with Crippen LogP contribution in [0.2, 0.25) is 0 Å². The zero-order valence-electron chi connectivity index (χ0n) is 14.5. The molecule has 4 rings (SSSR count). The summed E-state index contributed by atoms with van der Waals surface area (Å²) in [5, 5.41) is 30.1. The summed E-state index contributed by atoms with van der Waals surface area (Å²) < 4.78 is 10.3. The van der Waals surface area contributed by atoms with E-state index in [1.54, 1.807) is 0 Å². The van der Waals surface area contributed by atoms with Gasteiger partial charge in [-0.2, -0.15) is 0 Å². The first-order valence-corrected chi connectivity index (χ1v) is 8.79. The van der Waals surface area contributed by atoms with Gasteiger partial charge in [-0.05, 0) is 44.9 Å². The van der Waals surface area contributed by atoms with Crippen LogP contribution in [0.1, 0.15) is 51.9 Å². The number of aliphatic hydroxyl groups is 3. The molecule has 2 atom stereocenters. The van der Waals surface area contributed by atoms with Crippen LogP contribution in [-0.2, 0) is 19.1 Å². The number of hydrogen-bond acceptors (Lipinski definition) is 7. The molecule has 0 aromatic carbocycles. The quantitative estimate of drug-likeness (QED) is 0.286. The number of rotatable bonds is 6. The first-order chi connectivity index (χ1) is 11.7. The number of aliphatic hydroxyl groups excluding tert-OH is 1. The Kier molecular flexibility index (Phi) is 4.58. The lowest BCUT2D eigenvalue weighted by Crippen LogP contribution is -2.65. The van der Waals surface area contributed by atoms with Crippen LogP contribution in [0.5, 0.6) is 0 Å². The maximum absolute atomic E-state index is 12.6. The first kappa shape index (κ1) is 18.2. The average Bonchev–Trinajstić information content (AvgIpc) is 2.49. The molecule has 0 aliphatic heterocycles. The van der Waals surface area contributed by atoms with E-state index < -0.39 is 22.6 Å². The van der Waals surface area contributed by atoms with Gasteiger partial charge in [-0.1, -0.05) is 0 Å². The third-order valence-electron chi connectivity index (χ3n) is 5.71. The molecule has 0 saturated heterocycles. The molecule has 7 nitrogen and oxygen atoms in total. The molecule has 0 spiro atoms. The zero-order chi connectivity index (χ0) is 18.3. The summed E-state index contributed by atoms with van der Waals surface area (Å²) in [5.41, 5.74) is -2.61. The average molecular weight is 354 g/mol. The minimum absolute atomic E-state index is 0.0841. The van der Waals surface area contributed by atoms with E-state index in [-0.39, 0.29) is 30.7 Å². The normalized spacial score (nSPS) is 39.3. The van der Waals surface area contributed by atoms with Gasteiger partial charge in [0.1, 0.15) is 0 Å². The van der Waals surface area contributed by atoms with E-state index in [2.05, 4.69) is 0 Å². The molecular formula is C18H26O7. The Morgan fingerprint density at radius 1 is 1.04 bits per heavy atom. The largest absolute Gasteiger partial charge is 0.515 e. The number of carbonyl (C=O) groups is 2. The summed E-state index contributed by atoms with van der Waals surface area (Å²) in [6.45, 7) is 1.63. The number of ether oxygens (including phenoxy) is 2. The Bertz CT molecular complexity index is 578. The van der Waals surface area contributed by atoms with Gasteiger partial charge in [-0.15, -0.1) is 0 Å². The highest BCUT2D eigenvalue weighted by molar-refractivity contribution is 5.87. The van der Waals surface area contributed by atoms with Gasteiger partial charge in [0.25, 0.3) is 0 Å². The highest BCUT2D eigenvalue weighted by Gasteiger charge is 2.65. The van der Waals surface area contributed by atoms with E-state index in [0.717, 1.165) is 0 Å². The molecule has 7 heteroatoms. The molecule has 4 saturated carbocycles. The van der Waals surface area contributed by atoms with E-state index in [1.165, 1.54) is 6.92 Å². The molecule has 4 aliphatic rings. The fraction of sp³-hybridized carbons (Fsp3) is 0.778. The third-order valence-corrected chi connectivity index (χ3v) is 5.71. The lowest BCUT2D eigenvalue weighted by Gasteiger charge is -2.61. The van der Waals surface area contributed by atoms with Gasteiger partial charge in [-0.3, -0.25) is 4.79 Å². The predicted octanol–water partition coefficient (Wildman–Crippen LogP) is 1.37. The molecule has 3 N–H and O–H groups in total. The topological polar surface area (TPSA) is 113 Å². The minimum Gasteiger partial charge on any atom is -0.515 e. The van der Waals surface area contributed by atoms with Crippen LogP contribution in [-0.4, -0.2) is 51.7 Å². The molecule has 0 amide bonds. The lowest BCUT2D eigenvalue weighted by molar-refractivity contribution is -0.237. The fourth-order valence-corrected chi connectivity index (χ4v) is 5.27. The van der Waals surface area contributed by atoms with Gasteiger partial charge in [0, 0.05) is 12.8 Å². The van der Waals surface area contributed by atoms with Gasteiger partial charge in [-0.25, -0.2) is 4.79 Å². The molecule has 0 aromatic rings. The minimum atomic E-state index is -0.961. The molecule has 4 aliphatic carbocycles. The van der Waals surface area contributed by atoms with Crippen LogP contribution in [0.15, 0.2) is 11.8 Å². The molecule has 140 valence electrons. The summed E-state index contributed by atoms with van der Waals surface area (Å²) in [4.78, 5) is 24.0. The number of esters is 2. The van der Waals surface area contributed by atoms with Crippen molar-refractivity contribution < 1.29 is 34.4 Å². The van der Waals surface area contributed by atoms with Crippen molar-refractivity contribution in [3.05, 3.63) is 11.8 Å². The van der Waals surface area contributed by atoms with Gasteiger partial charge in [0.2, 0.25) is 0 Å². The van der Waals surface area contributed by atoms with E-state index in [4.69, 9.17) is 14.6 Å². The third kappa shape index (κ3) is 3.53. The summed E-state index contributed by atoms with van der Waals surface area (Å²) >= 11 is 0. The maximum atomic E-state index is 12.6. The Morgan fingerprint density at radius 3 is 2.20 bits per heavy atom. The molecule has 0 aromatic heterocycles. The predicted molar refractivity (Wildman–Crippen MR) is 86.4 cm³/mol. The Labute approximate surface area is 146 Å². The molecule has 4 fully saturated rings. The summed E-state index contributed by atoms with van der Waals surface area (Å²) in [7, 11) is 0. The second-order valence-corrected chi connectivity index (χ2v) is 8.18. The smallest absolute Gasteiger partial charge is 0.336 e. The van der Waals surface area contributed by atoms with Crippen LogP contribution < -0.4 is 0 Å². The van der Waals surface area contributed by atoms with Gasteiger partial charge < -0.3 is 24.8 Å². The van der Waals surface area contributed by atoms with E-state index in [1.807, 2.05) is 0 Å². The second-order valence-electron chi connectivity index (χ2n) is 8.18. The maximum Gasteiger partial charge on any atom is 0.336 e. The van der Waals surface area contributed by atoms with Crippen LogP contribution >= 0.6 is 0 Å². The molecule has 25 heavy (non-hydrogen) atoms. The number of hydrogen-bond donors (Lipinski definition) is 3. The van der Waals surface area contributed by atoms with Crippen molar-refractivity contribution in [2.45, 2.75) is 63.1 Å². The molecular weight excluding hydrogens is 328 g/mol. The van der Waals surface area contributed by atoms with Crippen molar-refractivity contribution in [2.75, 3.05) is 13.2 Å². The Balaban J connectivity index is 1.50. The highest BCUT2D eigenvalue weighted by Crippen LogP contribution is 2.63. The van der Waals surface area contributed by atoms with Gasteiger partial charge in [0.05, 0.1) is 41.7 Å². The van der Waals surface area contributed by atoms with E-state index in [9.17, 15) is 19.8 Å². The van der Waals surface area contributed by atoms with Crippen molar-refractivity contribution in [1.82, 2.24) is 0 Å². The van der Waals surface area contributed by atoms with Crippen LogP contribution in [0.3, 0.4) is 0 Å². The van der Waals surface area contributed by atoms with Crippen molar-refractivity contribution >= 4 is 11.9 Å². The standard InChI is InChI=1S/C18H26O7/c1-12(8-19)14(20)24-3-2-4-25-15(21)16-5-13-6-17(22,9-16)11-18(23,7-13)10-16/h8,13,19,22-23H,2-7,9-11H2,1H3. The SMILES string of the molecule is CC(=CO)C(=O)OCCCOC(=O)C12CC3CC(O)(CC(O)(C3)C1)C2. The monoisotopic (exact) mass is 354 g/mol. The van der Waals surface area contributed by atoms with Crippen molar-refractivity contribution in [2.24, 2.45) is 11.3 Å². The fourth-order valence-electron chi connectivity index (χ4n) is 5.27. The van der Waals surface area contributed by atoms with Crippen molar-refractivity contribution in [3.8, 4) is 0 Å². The van der Waals surface area contributed by atoms with Gasteiger partial charge >= 0.3 is 11.9 Å². The van der Waals surface area contributed by atoms with E-state index in [0.29, 0.717) is 51.2 Å². The first-order valence-electron chi connectivity index (χ1n) is 8.79. The molecule has 2 unspecified atom stereocenters. The lowest BCUT2D eigenvalue weighted by atomic mass is 9.46. The van der Waals surface area contributed by atoms with Gasteiger partial charge in [0.15, 0.2) is 0 Å². The molecule has 0 heterocycles. The zero-order valence-corrected chi connectivity index (χ0v) is 14.5. The van der Waals surface area contributed by atoms with Crippen molar-refractivity contribution in [1.29, 1.82) is 0 Å². The van der Waals surface area contributed by atoms with E-state index >= 15 is 0 Å². The Morgan fingerprint density at radius 2 is 1.64 bits per heavy atom. The summed E-state index contributed by atoms with van der Waals surface area (Å²) in [6.07, 6.45) is 4.05. The summed E-state index contributed by atoms with van der Waals surface area (Å²) in [6, 6.07) is 0. The molecule has 0 radical (unpaired) electrons. The van der Waals surface area contributed by atoms with Crippen LogP contribution in [0.25, 0.3) is 0 Å². The highest BCUT2D eigenvalue weighted by atomic mass is 16.5.